The molecule has 0 fully saturated rings. The van der Waals surface area contributed by atoms with Gasteiger partial charge in [-0.15, -0.1) is 0 Å². The number of aliphatic hydroxyl groups excluding tert-OH is 1. The lowest BCUT2D eigenvalue weighted by Crippen LogP contribution is -1.98. The van der Waals surface area contributed by atoms with Gasteiger partial charge in [0.2, 0.25) is 0 Å². The second kappa shape index (κ2) is 7.02. The molecule has 0 bridgehead atoms. The molecular formula is C23H24O. The molecule has 0 aromatic heterocycles. The third-order valence-electron chi connectivity index (χ3n) is 4.69. The highest BCUT2D eigenvalue weighted by Crippen LogP contribution is 2.37. The highest BCUT2D eigenvalue weighted by atomic mass is 16.3. The molecule has 3 rings (SSSR count). The van der Waals surface area contributed by atoms with Gasteiger partial charge in [0.15, 0.2) is 0 Å². The van der Waals surface area contributed by atoms with Gasteiger partial charge in [-0.3, -0.25) is 0 Å². The molecule has 1 N–H and O–H groups in total. The summed E-state index contributed by atoms with van der Waals surface area (Å²) in [5.41, 5.74) is 8.36. The van der Waals surface area contributed by atoms with E-state index in [0.717, 1.165) is 12.0 Å². The first kappa shape index (κ1) is 16.5. The Balaban J connectivity index is 2.26. The van der Waals surface area contributed by atoms with Crippen LogP contribution in [0.2, 0.25) is 0 Å². The number of aliphatic hydroxyl groups is 1. The SMILES string of the molecule is CC[C@H](O)c1ccc(-c2ccccc2C)c(-c2ccccc2C)c1. The molecule has 122 valence electrons. The second-order valence-corrected chi connectivity index (χ2v) is 6.36. The maximum absolute atomic E-state index is 10.3. The molecule has 0 heterocycles. The maximum Gasteiger partial charge on any atom is 0.0787 e. The lowest BCUT2D eigenvalue weighted by atomic mass is 9.88. The van der Waals surface area contributed by atoms with Crippen LogP contribution in [-0.4, -0.2) is 5.11 Å². The lowest BCUT2D eigenvalue weighted by molar-refractivity contribution is 0.174. The average Bonchev–Trinajstić information content (AvgIpc) is 2.61. The molecule has 0 amide bonds. The fourth-order valence-corrected chi connectivity index (χ4v) is 3.21. The molecule has 0 unspecified atom stereocenters. The minimum absolute atomic E-state index is 0.418. The molecule has 1 atom stereocenters. The van der Waals surface area contributed by atoms with Crippen LogP contribution in [0.15, 0.2) is 66.7 Å². The summed E-state index contributed by atoms with van der Waals surface area (Å²) in [6.45, 7) is 6.29. The van der Waals surface area contributed by atoms with Gasteiger partial charge in [0, 0.05) is 0 Å². The summed E-state index contributed by atoms with van der Waals surface area (Å²) in [6.07, 6.45) is 0.301. The smallest absolute Gasteiger partial charge is 0.0787 e. The van der Waals surface area contributed by atoms with E-state index in [1.54, 1.807) is 0 Å². The van der Waals surface area contributed by atoms with Gasteiger partial charge in [0.05, 0.1) is 6.10 Å². The highest BCUT2D eigenvalue weighted by molar-refractivity contribution is 5.86. The standard InChI is InChI=1S/C23H24O/c1-4-23(24)18-13-14-21(19-11-7-5-9-16(19)2)22(15-18)20-12-8-6-10-17(20)3/h5-15,23-24H,4H2,1-3H3/t23-/m0/s1. The van der Waals surface area contributed by atoms with Crippen LogP contribution in [0.5, 0.6) is 0 Å². The van der Waals surface area contributed by atoms with Gasteiger partial charge in [-0.05, 0) is 65.3 Å². The van der Waals surface area contributed by atoms with Gasteiger partial charge >= 0.3 is 0 Å². The third kappa shape index (κ3) is 3.13. The summed E-state index contributed by atoms with van der Waals surface area (Å²) in [7, 11) is 0. The molecule has 0 radical (unpaired) electrons. The van der Waals surface area contributed by atoms with Crippen molar-refractivity contribution in [1.29, 1.82) is 0 Å². The van der Waals surface area contributed by atoms with Gasteiger partial charge in [-0.2, -0.15) is 0 Å². The number of hydrogen-bond acceptors (Lipinski definition) is 1. The van der Waals surface area contributed by atoms with Crippen LogP contribution in [0.4, 0.5) is 0 Å². The maximum atomic E-state index is 10.3. The van der Waals surface area contributed by atoms with E-state index >= 15 is 0 Å². The van der Waals surface area contributed by atoms with Crippen molar-refractivity contribution in [1.82, 2.24) is 0 Å². The van der Waals surface area contributed by atoms with Crippen molar-refractivity contribution in [3.05, 3.63) is 83.4 Å². The minimum Gasteiger partial charge on any atom is -0.388 e. The Morgan fingerprint density at radius 2 is 1.25 bits per heavy atom. The molecule has 3 aromatic carbocycles. The Morgan fingerprint density at radius 1 is 0.708 bits per heavy atom. The van der Waals surface area contributed by atoms with Crippen LogP contribution >= 0.6 is 0 Å². The number of aryl methyl sites for hydroxylation is 2. The molecule has 0 aliphatic heterocycles. The average molecular weight is 316 g/mol. The van der Waals surface area contributed by atoms with Crippen molar-refractivity contribution in [2.24, 2.45) is 0 Å². The molecule has 0 aliphatic rings. The molecule has 0 spiro atoms. The van der Waals surface area contributed by atoms with Gasteiger partial charge < -0.3 is 5.11 Å². The summed E-state index contributed by atoms with van der Waals surface area (Å²) in [5.74, 6) is 0. The van der Waals surface area contributed by atoms with E-state index in [1.807, 2.05) is 6.92 Å². The molecule has 0 saturated heterocycles. The lowest BCUT2D eigenvalue weighted by Gasteiger charge is -2.17. The number of hydrogen-bond donors (Lipinski definition) is 1. The van der Waals surface area contributed by atoms with Gasteiger partial charge in [-0.25, -0.2) is 0 Å². The van der Waals surface area contributed by atoms with Crippen molar-refractivity contribution >= 4 is 0 Å². The quantitative estimate of drug-likeness (QED) is 0.618. The Bertz CT molecular complexity index is 848. The zero-order chi connectivity index (χ0) is 17.1. The minimum atomic E-state index is -0.418. The van der Waals surface area contributed by atoms with Crippen molar-refractivity contribution in [3.63, 3.8) is 0 Å². The Hall–Kier alpha value is -2.38. The Labute approximate surface area is 144 Å². The highest BCUT2D eigenvalue weighted by Gasteiger charge is 2.14. The summed E-state index contributed by atoms with van der Waals surface area (Å²) in [6, 6.07) is 23.3. The van der Waals surface area contributed by atoms with E-state index in [4.69, 9.17) is 0 Å². The van der Waals surface area contributed by atoms with E-state index in [9.17, 15) is 5.11 Å². The van der Waals surface area contributed by atoms with Crippen LogP contribution in [0, 0.1) is 13.8 Å². The van der Waals surface area contributed by atoms with Gasteiger partial charge in [0.1, 0.15) is 0 Å². The van der Waals surface area contributed by atoms with Crippen molar-refractivity contribution < 1.29 is 5.11 Å². The van der Waals surface area contributed by atoms with Crippen molar-refractivity contribution in [3.8, 4) is 22.3 Å². The fraction of sp³-hybridized carbons (Fsp3) is 0.217. The molecule has 0 saturated carbocycles. The van der Waals surface area contributed by atoms with Crippen LogP contribution in [0.25, 0.3) is 22.3 Å². The van der Waals surface area contributed by atoms with Crippen LogP contribution < -0.4 is 0 Å². The van der Waals surface area contributed by atoms with Gasteiger partial charge in [0.25, 0.3) is 0 Å². The first-order valence-corrected chi connectivity index (χ1v) is 8.55. The molecule has 0 aliphatic carbocycles. The second-order valence-electron chi connectivity index (χ2n) is 6.36. The summed E-state index contributed by atoms with van der Waals surface area (Å²) < 4.78 is 0. The molecular weight excluding hydrogens is 292 g/mol. The number of rotatable bonds is 4. The van der Waals surface area contributed by atoms with E-state index in [-0.39, 0.29) is 0 Å². The molecule has 3 aromatic rings. The van der Waals surface area contributed by atoms with E-state index < -0.39 is 6.10 Å². The van der Waals surface area contributed by atoms with E-state index in [0.29, 0.717) is 0 Å². The number of benzene rings is 3. The van der Waals surface area contributed by atoms with Crippen molar-refractivity contribution in [2.75, 3.05) is 0 Å². The largest absolute Gasteiger partial charge is 0.388 e. The zero-order valence-corrected chi connectivity index (χ0v) is 14.6. The summed E-state index contributed by atoms with van der Waals surface area (Å²) >= 11 is 0. The van der Waals surface area contributed by atoms with Crippen molar-refractivity contribution in [2.45, 2.75) is 33.3 Å². The molecule has 24 heavy (non-hydrogen) atoms. The molecule has 1 heteroatoms. The predicted octanol–water partition coefficient (Wildman–Crippen LogP) is 6.08. The normalized spacial score (nSPS) is 12.2. The topological polar surface area (TPSA) is 20.2 Å². The summed E-state index contributed by atoms with van der Waals surface area (Å²) in [4.78, 5) is 0. The first-order chi connectivity index (χ1) is 11.6. The Morgan fingerprint density at radius 3 is 1.79 bits per heavy atom. The summed E-state index contributed by atoms with van der Waals surface area (Å²) in [5, 5.41) is 10.3. The molecule has 1 nitrogen and oxygen atoms in total. The monoisotopic (exact) mass is 316 g/mol. The third-order valence-corrected chi connectivity index (χ3v) is 4.69. The van der Waals surface area contributed by atoms with Crippen LogP contribution in [0.1, 0.15) is 36.1 Å². The van der Waals surface area contributed by atoms with Crippen LogP contribution in [-0.2, 0) is 0 Å². The van der Waals surface area contributed by atoms with E-state index in [2.05, 4.69) is 80.6 Å². The van der Waals surface area contributed by atoms with Crippen LogP contribution in [0.3, 0.4) is 0 Å². The zero-order valence-electron chi connectivity index (χ0n) is 14.6. The predicted molar refractivity (Wildman–Crippen MR) is 102 cm³/mol. The van der Waals surface area contributed by atoms with E-state index in [1.165, 1.54) is 33.4 Å². The first-order valence-electron chi connectivity index (χ1n) is 8.55. The fourth-order valence-electron chi connectivity index (χ4n) is 3.21. The Kier molecular flexibility index (Phi) is 4.82. The van der Waals surface area contributed by atoms with Gasteiger partial charge in [-0.1, -0.05) is 67.6 Å².